The summed E-state index contributed by atoms with van der Waals surface area (Å²) in [6.45, 7) is 1.90. The molecule has 1 heterocycles. The summed E-state index contributed by atoms with van der Waals surface area (Å²) in [6.07, 6.45) is 3.57. The van der Waals surface area contributed by atoms with Gasteiger partial charge in [-0.15, -0.1) is 0 Å². The zero-order valence-electron chi connectivity index (χ0n) is 18.8. The Balaban J connectivity index is 1.55. The number of nitrogens with one attached hydrogen (secondary N) is 1. The molecule has 0 atom stereocenters. The quantitative estimate of drug-likeness (QED) is 0.341. The number of aromatic nitrogens is 2. The van der Waals surface area contributed by atoms with Crippen molar-refractivity contribution in [2.45, 2.75) is 11.8 Å². The van der Waals surface area contributed by atoms with Gasteiger partial charge in [0.1, 0.15) is 5.75 Å². The highest BCUT2D eigenvalue weighted by Gasteiger charge is 2.21. The van der Waals surface area contributed by atoms with Crippen LogP contribution in [0.3, 0.4) is 0 Å². The summed E-state index contributed by atoms with van der Waals surface area (Å²) in [4.78, 5) is 4.45. The van der Waals surface area contributed by atoms with E-state index in [4.69, 9.17) is 4.74 Å². The molecule has 34 heavy (non-hydrogen) atoms. The lowest BCUT2D eigenvalue weighted by molar-refractivity contribution is 0.413. The molecular weight excluding hydrogens is 446 g/mol. The Bertz CT molecular complexity index is 1600. The lowest BCUT2D eigenvalue weighted by Gasteiger charge is -2.16. The van der Waals surface area contributed by atoms with Crippen LogP contribution in [0.1, 0.15) is 5.69 Å². The number of fused-ring (bicyclic) bond motifs is 1. The van der Waals surface area contributed by atoms with Gasteiger partial charge in [-0.2, -0.15) is 0 Å². The molecule has 0 aliphatic heterocycles. The van der Waals surface area contributed by atoms with Crippen LogP contribution in [-0.4, -0.2) is 25.1 Å². The second-order valence-electron chi connectivity index (χ2n) is 7.94. The molecule has 0 fully saturated rings. The number of imidazole rings is 1. The molecule has 0 unspecified atom stereocenters. The van der Waals surface area contributed by atoms with Gasteiger partial charge in [0.25, 0.3) is 10.0 Å². The summed E-state index contributed by atoms with van der Waals surface area (Å²) in [5, 5.41) is 2.05. The lowest BCUT2D eigenvalue weighted by Crippen LogP contribution is -2.14. The highest BCUT2D eigenvalue weighted by molar-refractivity contribution is 7.92. The highest BCUT2D eigenvalue weighted by atomic mass is 32.2. The van der Waals surface area contributed by atoms with Gasteiger partial charge in [0.15, 0.2) is 0 Å². The van der Waals surface area contributed by atoms with Gasteiger partial charge in [0, 0.05) is 17.8 Å². The normalized spacial score (nSPS) is 11.5. The van der Waals surface area contributed by atoms with Gasteiger partial charge in [-0.3, -0.25) is 4.72 Å². The van der Waals surface area contributed by atoms with Crippen molar-refractivity contribution in [2.24, 2.45) is 0 Å². The molecule has 0 saturated heterocycles. The van der Waals surface area contributed by atoms with E-state index < -0.39 is 10.0 Å². The predicted octanol–water partition coefficient (Wildman–Crippen LogP) is 5.81. The van der Waals surface area contributed by atoms with E-state index in [2.05, 4.69) is 9.71 Å². The van der Waals surface area contributed by atoms with Crippen LogP contribution in [0.25, 0.3) is 27.6 Å². The van der Waals surface area contributed by atoms with E-state index in [-0.39, 0.29) is 4.90 Å². The molecule has 6 nitrogen and oxygen atoms in total. The third-order valence-electron chi connectivity index (χ3n) is 5.68. The number of methoxy groups -OCH3 is 1. The molecule has 0 bridgehead atoms. The van der Waals surface area contributed by atoms with Crippen molar-refractivity contribution in [3.8, 4) is 22.6 Å². The minimum atomic E-state index is -3.88. The maximum atomic E-state index is 13.5. The van der Waals surface area contributed by atoms with Gasteiger partial charge < -0.3 is 9.30 Å². The molecule has 7 heteroatoms. The Hall–Kier alpha value is -4.10. The summed E-state index contributed by atoms with van der Waals surface area (Å²) in [5.74, 6) is 0.528. The number of anilines is 1. The molecule has 5 rings (SSSR count). The summed E-state index contributed by atoms with van der Waals surface area (Å²) in [5.41, 5.74) is 3.55. The van der Waals surface area contributed by atoms with Crippen molar-refractivity contribution < 1.29 is 13.2 Å². The number of sulfonamides is 1. The largest absolute Gasteiger partial charge is 0.494 e. The summed E-state index contributed by atoms with van der Waals surface area (Å²) in [7, 11) is -2.33. The topological polar surface area (TPSA) is 73.2 Å². The number of nitrogens with zero attached hydrogens (tertiary/aromatic N) is 2. The zero-order valence-corrected chi connectivity index (χ0v) is 19.6. The number of benzene rings is 4. The van der Waals surface area contributed by atoms with E-state index in [1.165, 1.54) is 0 Å². The van der Waals surface area contributed by atoms with Crippen LogP contribution in [0.4, 0.5) is 5.69 Å². The summed E-state index contributed by atoms with van der Waals surface area (Å²) >= 11 is 0. The Labute approximate surface area is 198 Å². The Kier molecular flexibility index (Phi) is 5.55. The minimum absolute atomic E-state index is 0.208. The van der Waals surface area contributed by atoms with Crippen molar-refractivity contribution in [3.05, 3.63) is 103 Å². The first kappa shape index (κ1) is 21.7. The van der Waals surface area contributed by atoms with Crippen molar-refractivity contribution in [3.63, 3.8) is 0 Å². The van der Waals surface area contributed by atoms with Crippen LogP contribution in [0.15, 0.2) is 102 Å². The van der Waals surface area contributed by atoms with Crippen LogP contribution in [-0.2, 0) is 10.0 Å². The van der Waals surface area contributed by atoms with Crippen molar-refractivity contribution in [1.29, 1.82) is 0 Å². The van der Waals surface area contributed by atoms with Crippen LogP contribution < -0.4 is 9.46 Å². The van der Waals surface area contributed by atoms with Crippen molar-refractivity contribution in [2.75, 3.05) is 11.8 Å². The van der Waals surface area contributed by atoms with E-state index in [0.717, 1.165) is 27.7 Å². The van der Waals surface area contributed by atoms with E-state index in [9.17, 15) is 8.42 Å². The van der Waals surface area contributed by atoms with Gasteiger partial charge in [-0.25, -0.2) is 13.4 Å². The molecule has 0 saturated carbocycles. The van der Waals surface area contributed by atoms with Gasteiger partial charge in [-0.05, 0) is 41.5 Å². The fourth-order valence-electron chi connectivity index (χ4n) is 4.10. The van der Waals surface area contributed by atoms with Crippen molar-refractivity contribution in [1.82, 2.24) is 9.55 Å². The average molecular weight is 470 g/mol. The second-order valence-corrected chi connectivity index (χ2v) is 9.59. The Morgan fingerprint density at radius 1 is 0.882 bits per heavy atom. The predicted molar refractivity (Wildman–Crippen MR) is 135 cm³/mol. The van der Waals surface area contributed by atoms with E-state index in [1.54, 1.807) is 43.8 Å². The molecule has 0 radical (unpaired) electrons. The standard InChI is InChI=1S/C27H23N3O3S/c1-19-17-30(18-28-19)25-15-14-21(16-26(25)33-2)29-34(31,32)27-13-6-5-11-24(27)23-12-7-9-20-8-3-4-10-22(20)23/h3-18,29H,1-2H3. The monoisotopic (exact) mass is 469 g/mol. The van der Waals surface area contributed by atoms with E-state index in [0.29, 0.717) is 17.0 Å². The lowest BCUT2D eigenvalue weighted by atomic mass is 9.98. The molecule has 0 aliphatic rings. The van der Waals surface area contributed by atoms with Crippen LogP contribution in [0, 0.1) is 6.92 Å². The minimum Gasteiger partial charge on any atom is -0.494 e. The third kappa shape index (κ3) is 4.02. The maximum Gasteiger partial charge on any atom is 0.262 e. The number of ether oxygens (including phenoxy) is 1. The molecule has 0 spiro atoms. The van der Waals surface area contributed by atoms with Crippen LogP contribution in [0.2, 0.25) is 0 Å². The molecule has 5 aromatic rings. The summed E-state index contributed by atoms with van der Waals surface area (Å²) < 4.78 is 37.1. The SMILES string of the molecule is COc1cc(NS(=O)(=O)c2ccccc2-c2cccc3ccccc23)ccc1-n1cnc(C)c1. The molecule has 4 aromatic carbocycles. The Morgan fingerprint density at radius 3 is 2.41 bits per heavy atom. The first-order chi connectivity index (χ1) is 16.5. The van der Waals surface area contributed by atoms with Crippen LogP contribution in [0.5, 0.6) is 5.75 Å². The highest BCUT2D eigenvalue weighted by Crippen LogP contribution is 2.34. The van der Waals surface area contributed by atoms with Crippen LogP contribution >= 0.6 is 0 Å². The van der Waals surface area contributed by atoms with Gasteiger partial charge in [0.2, 0.25) is 0 Å². The zero-order chi connectivity index (χ0) is 23.7. The summed E-state index contributed by atoms with van der Waals surface area (Å²) in [6, 6.07) is 26.1. The first-order valence-electron chi connectivity index (χ1n) is 10.8. The molecule has 0 amide bonds. The fraction of sp³-hybridized carbons (Fsp3) is 0.0741. The fourth-order valence-corrected chi connectivity index (χ4v) is 5.37. The molecule has 0 aliphatic carbocycles. The molecule has 170 valence electrons. The van der Waals surface area contributed by atoms with Gasteiger partial charge >= 0.3 is 0 Å². The second kappa shape index (κ2) is 8.68. The number of rotatable bonds is 6. The van der Waals surface area contributed by atoms with E-state index in [1.807, 2.05) is 72.3 Å². The van der Waals surface area contributed by atoms with Gasteiger partial charge in [0.05, 0.1) is 35.4 Å². The molecular formula is C27H23N3O3S. The average Bonchev–Trinajstić information content (AvgIpc) is 3.29. The first-order valence-corrected chi connectivity index (χ1v) is 12.2. The van der Waals surface area contributed by atoms with E-state index >= 15 is 0 Å². The van der Waals surface area contributed by atoms with Gasteiger partial charge in [-0.1, -0.05) is 60.7 Å². The smallest absolute Gasteiger partial charge is 0.262 e. The molecule has 1 N–H and O–H groups in total. The van der Waals surface area contributed by atoms with Crippen molar-refractivity contribution >= 4 is 26.5 Å². The Morgan fingerprint density at radius 2 is 1.62 bits per heavy atom. The molecule has 1 aromatic heterocycles. The number of hydrogen-bond acceptors (Lipinski definition) is 4. The third-order valence-corrected chi connectivity index (χ3v) is 7.12. The number of hydrogen-bond donors (Lipinski definition) is 1. The number of aryl methyl sites for hydroxylation is 1. The maximum absolute atomic E-state index is 13.5.